The first-order chi connectivity index (χ1) is 13.3. The Balaban J connectivity index is 0.00000420. The fourth-order valence-electron chi connectivity index (χ4n) is 2.30. The lowest BCUT2D eigenvalue weighted by atomic mass is 9.94. The number of nitrogens with zero attached hydrogens (tertiary/aromatic N) is 2. The molecule has 0 bridgehead atoms. The Kier molecular flexibility index (Phi) is 10.3. The van der Waals surface area contributed by atoms with E-state index in [1.54, 1.807) is 24.4 Å². The Labute approximate surface area is 187 Å². The first-order valence-electron chi connectivity index (χ1n) is 9.25. The molecule has 2 rings (SSSR count). The van der Waals surface area contributed by atoms with Gasteiger partial charge in [-0.15, -0.1) is 24.0 Å². The van der Waals surface area contributed by atoms with Crippen LogP contribution in [-0.2, 0) is 18.5 Å². The summed E-state index contributed by atoms with van der Waals surface area (Å²) < 4.78 is 35.4. The molecule has 162 valence electrons. The zero-order chi connectivity index (χ0) is 20.6. The molecule has 6 nitrogen and oxygen atoms in total. The van der Waals surface area contributed by atoms with E-state index < -0.39 is 13.0 Å². The number of rotatable bonds is 8. The van der Waals surface area contributed by atoms with Crippen LogP contribution in [0.1, 0.15) is 44.9 Å². The normalized spacial score (nSPS) is 11.9. The van der Waals surface area contributed by atoms with Crippen LogP contribution in [0.4, 0.5) is 8.78 Å². The third-order valence-corrected chi connectivity index (χ3v) is 3.74. The summed E-state index contributed by atoms with van der Waals surface area (Å²) >= 11 is 0. The van der Waals surface area contributed by atoms with Gasteiger partial charge in [-0.2, -0.15) is 0 Å². The Hall–Kier alpha value is -1.91. The number of hydrogen-bond donors (Lipinski definition) is 2. The van der Waals surface area contributed by atoms with Crippen LogP contribution in [0, 0.1) is 0 Å². The van der Waals surface area contributed by atoms with Crippen molar-refractivity contribution in [1.82, 2.24) is 15.6 Å². The summed E-state index contributed by atoms with van der Waals surface area (Å²) in [6.45, 7) is 9.02. The van der Waals surface area contributed by atoms with Crippen LogP contribution >= 0.6 is 24.0 Å². The smallest absolute Gasteiger partial charge is 0.272 e. The molecule has 29 heavy (non-hydrogen) atoms. The minimum Gasteiger partial charge on any atom is -0.488 e. The Morgan fingerprint density at radius 2 is 2.03 bits per heavy atom. The Bertz CT molecular complexity index is 776. The highest BCUT2D eigenvalue weighted by Crippen LogP contribution is 2.22. The molecule has 1 aromatic carbocycles. The molecule has 0 saturated heterocycles. The molecule has 0 amide bonds. The fourth-order valence-corrected chi connectivity index (χ4v) is 2.30. The SMILES string of the molecule is CCNC(=NCc1cccc(OCC(F)F)c1)NCc1ncc(C(C)(C)C)o1.I. The summed E-state index contributed by atoms with van der Waals surface area (Å²) in [4.78, 5) is 8.80. The topological polar surface area (TPSA) is 71.7 Å². The van der Waals surface area contributed by atoms with Crippen molar-refractivity contribution in [3.05, 3.63) is 47.7 Å². The van der Waals surface area contributed by atoms with E-state index >= 15 is 0 Å². The molecule has 0 aliphatic rings. The number of benzene rings is 1. The molecule has 0 aliphatic carbocycles. The van der Waals surface area contributed by atoms with Crippen molar-refractivity contribution >= 4 is 29.9 Å². The molecule has 0 aliphatic heterocycles. The average molecular weight is 522 g/mol. The predicted molar refractivity (Wildman–Crippen MR) is 120 cm³/mol. The molecule has 9 heteroatoms. The number of nitrogens with one attached hydrogen (secondary N) is 2. The van der Waals surface area contributed by atoms with Crippen LogP contribution in [0.2, 0.25) is 0 Å². The van der Waals surface area contributed by atoms with Gasteiger partial charge in [0.05, 0.1) is 19.3 Å². The van der Waals surface area contributed by atoms with Crippen LogP contribution in [0.15, 0.2) is 39.9 Å². The second kappa shape index (κ2) is 11.9. The van der Waals surface area contributed by atoms with Crippen molar-refractivity contribution in [2.75, 3.05) is 13.2 Å². The van der Waals surface area contributed by atoms with Gasteiger partial charge in [0, 0.05) is 12.0 Å². The van der Waals surface area contributed by atoms with Gasteiger partial charge in [0.25, 0.3) is 6.43 Å². The zero-order valence-corrected chi connectivity index (χ0v) is 19.5. The number of aromatic nitrogens is 1. The number of halogens is 3. The monoisotopic (exact) mass is 522 g/mol. The lowest BCUT2D eigenvalue weighted by Crippen LogP contribution is -2.36. The maximum atomic E-state index is 12.3. The average Bonchev–Trinajstić information content (AvgIpc) is 3.12. The quantitative estimate of drug-likeness (QED) is 0.304. The molecule has 0 radical (unpaired) electrons. The number of guanidine groups is 1. The molecule has 2 aromatic rings. The second-order valence-electron chi connectivity index (χ2n) is 7.27. The van der Waals surface area contributed by atoms with Gasteiger partial charge < -0.3 is 19.8 Å². The third-order valence-electron chi connectivity index (χ3n) is 3.74. The Morgan fingerprint density at radius 3 is 2.66 bits per heavy atom. The summed E-state index contributed by atoms with van der Waals surface area (Å²) in [5.74, 6) is 2.42. The zero-order valence-electron chi connectivity index (χ0n) is 17.2. The van der Waals surface area contributed by atoms with Gasteiger partial charge in [0.15, 0.2) is 5.96 Å². The molecule has 0 atom stereocenters. The maximum absolute atomic E-state index is 12.3. The number of oxazole rings is 1. The van der Waals surface area contributed by atoms with E-state index in [1.807, 2.05) is 13.0 Å². The van der Waals surface area contributed by atoms with E-state index in [0.29, 0.717) is 37.2 Å². The van der Waals surface area contributed by atoms with Crippen molar-refractivity contribution in [1.29, 1.82) is 0 Å². The number of hydrogen-bond acceptors (Lipinski definition) is 4. The summed E-state index contributed by atoms with van der Waals surface area (Å²) in [7, 11) is 0. The largest absolute Gasteiger partial charge is 0.488 e. The van der Waals surface area contributed by atoms with E-state index in [1.165, 1.54) is 0 Å². The minimum atomic E-state index is -2.50. The van der Waals surface area contributed by atoms with E-state index in [4.69, 9.17) is 9.15 Å². The molecule has 1 aromatic heterocycles. The lowest BCUT2D eigenvalue weighted by Gasteiger charge is -2.13. The summed E-state index contributed by atoms with van der Waals surface area (Å²) in [6, 6.07) is 6.98. The van der Waals surface area contributed by atoms with E-state index in [9.17, 15) is 8.78 Å². The second-order valence-corrected chi connectivity index (χ2v) is 7.27. The highest BCUT2D eigenvalue weighted by molar-refractivity contribution is 14.0. The van der Waals surface area contributed by atoms with Gasteiger partial charge in [-0.1, -0.05) is 32.9 Å². The van der Waals surface area contributed by atoms with Crippen molar-refractivity contribution < 1.29 is 17.9 Å². The predicted octanol–water partition coefficient (Wildman–Crippen LogP) is 4.49. The first kappa shape index (κ1) is 25.1. The number of aliphatic imine (C=N–C) groups is 1. The molecular weight excluding hydrogens is 493 g/mol. The van der Waals surface area contributed by atoms with Crippen LogP contribution in [0.3, 0.4) is 0 Å². The summed E-state index contributed by atoms with van der Waals surface area (Å²) in [6.07, 6.45) is -0.758. The van der Waals surface area contributed by atoms with Crippen molar-refractivity contribution in [3.63, 3.8) is 0 Å². The molecule has 2 N–H and O–H groups in total. The standard InChI is InChI=1S/C20H28F2N4O2.HI/c1-5-23-19(26-12-18-24-11-16(28-18)20(2,3)4)25-10-14-7-6-8-15(9-14)27-13-17(21)22;/h6-9,11,17H,5,10,12-13H2,1-4H3,(H2,23,25,26);1H. The molecule has 0 saturated carbocycles. The molecule has 0 fully saturated rings. The van der Waals surface area contributed by atoms with Crippen LogP contribution < -0.4 is 15.4 Å². The summed E-state index contributed by atoms with van der Waals surface area (Å²) in [5.41, 5.74) is 0.761. The van der Waals surface area contributed by atoms with Gasteiger partial charge in [-0.25, -0.2) is 18.8 Å². The van der Waals surface area contributed by atoms with Crippen LogP contribution in [0.25, 0.3) is 0 Å². The summed E-state index contributed by atoms with van der Waals surface area (Å²) in [5, 5.41) is 6.33. The van der Waals surface area contributed by atoms with Gasteiger partial charge in [0.1, 0.15) is 18.1 Å². The molecule has 0 unspecified atom stereocenters. The van der Waals surface area contributed by atoms with E-state index in [2.05, 4.69) is 41.4 Å². The number of ether oxygens (including phenoxy) is 1. The number of alkyl halides is 2. The lowest BCUT2D eigenvalue weighted by molar-refractivity contribution is 0.0818. The fraction of sp³-hybridized carbons (Fsp3) is 0.500. The van der Waals surface area contributed by atoms with Gasteiger partial charge in [0.2, 0.25) is 5.89 Å². The van der Waals surface area contributed by atoms with Gasteiger partial charge >= 0.3 is 0 Å². The highest BCUT2D eigenvalue weighted by atomic mass is 127. The van der Waals surface area contributed by atoms with E-state index in [-0.39, 0.29) is 29.4 Å². The van der Waals surface area contributed by atoms with Gasteiger partial charge in [-0.05, 0) is 24.6 Å². The highest BCUT2D eigenvalue weighted by Gasteiger charge is 2.19. The molecule has 1 heterocycles. The van der Waals surface area contributed by atoms with Gasteiger partial charge in [-0.3, -0.25) is 0 Å². The van der Waals surface area contributed by atoms with Crippen LogP contribution in [0.5, 0.6) is 5.75 Å². The minimum absolute atomic E-state index is 0. The Morgan fingerprint density at radius 1 is 1.28 bits per heavy atom. The maximum Gasteiger partial charge on any atom is 0.272 e. The van der Waals surface area contributed by atoms with Crippen molar-refractivity contribution in [2.45, 2.75) is 52.6 Å². The molecule has 0 spiro atoms. The van der Waals surface area contributed by atoms with E-state index in [0.717, 1.165) is 11.3 Å². The van der Waals surface area contributed by atoms with Crippen LogP contribution in [-0.4, -0.2) is 30.5 Å². The van der Waals surface area contributed by atoms with Crippen molar-refractivity contribution in [3.8, 4) is 5.75 Å². The first-order valence-corrected chi connectivity index (χ1v) is 9.25. The third kappa shape index (κ3) is 8.97. The molecular formula is C20H29F2IN4O2. The van der Waals surface area contributed by atoms with Crippen molar-refractivity contribution in [2.24, 2.45) is 4.99 Å².